The number of carboxylic acid groups (broad SMARTS) is 1. The van der Waals surface area contributed by atoms with Gasteiger partial charge in [-0.15, -0.1) is 0 Å². The number of amides is 1. The molecule has 1 aliphatic heterocycles. The van der Waals surface area contributed by atoms with Crippen molar-refractivity contribution in [2.45, 2.75) is 39.5 Å². The summed E-state index contributed by atoms with van der Waals surface area (Å²) in [6.07, 6.45) is 2.54. The first-order chi connectivity index (χ1) is 10.5. The third kappa shape index (κ3) is 4.33. The molecule has 1 fully saturated rings. The molecular formula is C18H25NO3. The van der Waals surface area contributed by atoms with Gasteiger partial charge in [-0.3, -0.25) is 9.59 Å². The van der Waals surface area contributed by atoms with Crippen LogP contribution < -0.4 is 0 Å². The van der Waals surface area contributed by atoms with Crippen LogP contribution in [0, 0.1) is 18.8 Å². The molecular weight excluding hydrogens is 278 g/mol. The molecule has 0 spiro atoms. The van der Waals surface area contributed by atoms with Gasteiger partial charge < -0.3 is 10.0 Å². The van der Waals surface area contributed by atoms with E-state index in [1.54, 1.807) is 0 Å². The highest BCUT2D eigenvalue weighted by Gasteiger charge is 2.27. The van der Waals surface area contributed by atoms with Gasteiger partial charge in [0.15, 0.2) is 0 Å². The number of benzene rings is 1. The highest BCUT2D eigenvalue weighted by Crippen LogP contribution is 2.20. The Balaban J connectivity index is 1.98. The summed E-state index contributed by atoms with van der Waals surface area (Å²) in [6.45, 7) is 5.69. The number of nitrogens with zero attached hydrogens (tertiary/aromatic N) is 1. The predicted molar refractivity (Wildman–Crippen MR) is 85.6 cm³/mol. The zero-order valence-electron chi connectivity index (χ0n) is 13.4. The zero-order chi connectivity index (χ0) is 16.1. The molecule has 4 heteroatoms. The fraction of sp³-hybridized carbons (Fsp3) is 0.556. The maximum Gasteiger partial charge on any atom is 0.307 e. The predicted octanol–water partition coefficient (Wildman–Crippen LogP) is 2.89. The monoisotopic (exact) mass is 303 g/mol. The lowest BCUT2D eigenvalue weighted by molar-refractivity contribution is -0.146. The summed E-state index contributed by atoms with van der Waals surface area (Å²) >= 11 is 0. The van der Waals surface area contributed by atoms with Gasteiger partial charge in [0.25, 0.3) is 0 Å². The molecule has 1 saturated heterocycles. The Morgan fingerprint density at radius 2 is 1.91 bits per heavy atom. The van der Waals surface area contributed by atoms with Crippen molar-refractivity contribution in [2.75, 3.05) is 13.1 Å². The van der Waals surface area contributed by atoms with Gasteiger partial charge >= 0.3 is 5.97 Å². The van der Waals surface area contributed by atoms with Crippen molar-refractivity contribution in [3.63, 3.8) is 0 Å². The summed E-state index contributed by atoms with van der Waals surface area (Å²) in [4.78, 5) is 25.7. The van der Waals surface area contributed by atoms with E-state index < -0.39 is 11.9 Å². The van der Waals surface area contributed by atoms with Gasteiger partial charge in [0.2, 0.25) is 5.91 Å². The number of hydrogen-bond donors (Lipinski definition) is 1. The van der Waals surface area contributed by atoms with Gasteiger partial charge in [0, 0.05) is 19.5 Å². The SMILES string of the molecule is Cc1ccccc1CC(CC(=O)N1CCC(C)CC1)C(=O)O. The minimum absolute atomic E-state index is 0.0205. The number of carbonyl (C=O) groups excluding carboxylic acids is 1. The Kier molecular flexibility index (Phi) is 5.58. The van der Waals surface area contributed by atoms with E-state index in [0.29, 0.717) is 12.3 Å². The Labute approximate surface area is 132 Å². The second-order valence-electron chi connectivity index (χ2n) is 6.43. The fourth-order valence-corrected chi connectivity index (χ4v) is 2.95. The first-order valence-corrected chi connectivity index (χ1v) is 8.02. The molecule has 1 unspecified atom stereocenters. The standard InChI is InChI=1S/C18H25NO3/c1-13-7-9-19(10-8-13)17(20)12-16(18(21)22)11-15-6-4-3-5-14(15)2/h3-6,13,16H,7-12H2,1-2H3,(H,21,22). The van der Waals surface area contributed by atoms with E-state index in [0.717, 1.165) is 37.1 Å². The molecule has 1 amide bonds. The normalized spacial score (nSPS) is 17.3. The van der Waals surface area contributed by atoms with Crippen LogP contribution in [0.3, 0.4) is 0 Å². The lowest BCUT2D eigenvalue weighted by atomic mass is 9.92. The van der Waals surface area contributed by atoms with Crippen molar-refractivity contribution in [1.29, 1.82) is 0 Å². The maximum absolute atomic E-state index is 12.4. The average molecular weight is 303 g/mol. The Morgan fingerprint density at radius 1 is 1.27 bits per heavy atom. The molecule has 1 aromatic carbocycles. The largest absolute Gasteiger partial charge is 0.481 e. The summed E-state index contributed by atoms with van der Waals surface area (Å²) in [7, 11) is 0. The van der Waals surface area contributed by atoms with Crippen LogP contribution in [0.4, 0.5) is 0 Å². The molecule has 0 radical (unpaired) electrons. The van der Waals surface area contributed by atoms with Crippen molar-refractivity contribution in [1.82, 2.24) is 4.90 Å². The van der Waals surface area contributed by atoms with Gasteiger partial charge in [-0.05, 0) is 43.2 Å². The Bertz CT molecular complexity index is 533. The summed E-state index contributed by atoms with van der Waals surface area (Å²) in [5, 5.41) is 9.44. The van der Waals surface area contributed by atoms with Crippen LogP contribution in [0.2, 0.25) is 0 Å². The van der Waals surface area contributed by atoms with Crippen molar-refractivity contribution >= 4 is 11.9 Å². The third-order valence-corrected chi connectivity index (χ3v) is 4.63. The summed E-state index contributed by atoms with van der Waals surface area (Å²) in [5.41, 5.74) is 2.09. The second kappa shape index (κ2) is 7.43. The first-order valence-electron chi connectivity index (χ1n) is 8.02. The highest BCUT2D eigenvalue weighted by molar-refractivity contribution is 5.82. The van der Waals surface area contributed by atoms with Gasteiger partial charge in [-0.1, -0.05) is 31.2 Å². The molecule has 0 aliphatic carbocycles. The van der Waals surface area contributed by atoms with Crippen molar-refractivity contribution < 1.29 is 14.7 Å². The number of hydrogen-bond acceptors (Lipinski definition) is 2. The van der Waals surface area contributed by atoms with Gasteiger partial charge in [0.1, 0.15) is 0 Å². The molecule has 4 nitrogen and oxygen atoms in total. The minimum atomic E-state index is -0.887. The minimum Gasteiger partial charge on any atom is -0.481 e. The van der Waals surface area contributed by atoms with Crippen molar-refractivity contribution in [3.05, 3.63) is 35.4 Å². The van der Waals surface area contributed by atoms with E-state index in [1.807, 2.05) is 36.1 Å². The summed E-state index contributed by atoms with van der Waals surface area (Å²) in [6, 6.07) is 7.77. The van der Waals surface area contributed by atoms with Crippen LogP contribution in [-0.2, 0) is 16.0 Å². The number of likely N-dealkylation sites (tertiary alicyclic amines) is 1. The van der Waals surface area contributed by atoms with Crippen LogP contribution in [0.15, 0.2) is 24.3 Å². The fourth-order valence-electron chi connectivity index (χ4n) is 2.95. The average Bonchev–Trinajstić information content (AvgIpc) is 2.49. The first kappa shape index (κ1) is 16.5. The van der Waals surface area contributed by atoms with Gasteiger partial charge in [-0.25, -0.2) is 0 Å². The molecule has 1 aromatic rings. The number of carboxylic acids is 1. The van der Waals surface area contributed by atoms with E-state index in [2.05, 4.69) is 6.92 Å². The quantitative estimate of drug-likeness (QED) is 0.910. The van der Waals surface area contributed by atoms with Crippen LogP contribution in [0.1, 0.15) is 37.3 Å². The topological polar surface area (TPSA) is 57.6 Å². The van der Waals surface area contributed by atoms with Crippen LogP contribution in [-0.4, -0.2) is 35.0 Å². The molecule has 1 heterocycles. The molecule has 2 rings (SSSR count). The molecule has 1 N–H and O–H groups in total. The molecule has 0 aromatic heterocycles. The molecule has 0 saturated carbocycles. The number of piperidine rings is 1. The van der Waals surface area contributed by atoms with Crippen LogP contribution >= 0.6 is 0 Å². The molecule has 1 atom stereocenters. The van der Waals surface area contributed by atoms with E-state index in [9.17, 15) is 14.7 Å². The number of aliphatic carboxylic acids is 1. The van der Waals surface area contributed by atoms with E-state index >= 15 is 0 Å². The Morgan fingerprint density at radius 3 is 2.50 bits per heavy atom. The number of rotatable bonds is 5. The van der Waals surface area contributed by atoms with E-state index in [-0.39, 0.29) is 12.3 Å². The lowest BCUT2D eigenvalue weighted by Gasteiger charge is -2.31. The smallest absolute Gasteiger partial charge is 0.307 e. The molecule has 0 bridgehead atoms. The van der Waals surface area contributed by atoms with Crippen LogP contribution in [0.25, 0.3) is 0 Å². The van der Waals surface area contributed by atoms with Gasteiger partial charge in [0.05, 0.1) is 5.92 Å². The van der Waals surface area contributed by atoms with Crippen molar-refractivity contribution in [3.8, 4) is 0 Å². The number of aryl methyl sites for hydroxylation is 1. The summed E-state index contributed by atoms with van der Waals surface area (Å²) in [5.74, 6) is -0.894. The zero-order valence-corrected chi connectivity index (χ0v) is 13.4. The second-order valence-corrected chi connectivity index (χ2v) is 6.43. The van der Waals surface area contributed by atoms with Crippen LogP contribution in [0.5, 0.6) is 0 Å². The highest BCUT2D eigenvalue weighted by atomic mass is 16.4. The molecule has 22 heavy (non-hydrogen) atoms. The Hall–Kier alpha value is -1.84. The van der Waals surface area contributed by atoms with E-state index in [4.69, 9.17) is 0 Å². The number of carbonyl (C=O) groups is 2. The molecule has 120 valence electrons. The summed E-state index contributed by atoms with van der Waals surface area (Å²) < 4.78 is 0. The van der Waals surface area contributed by atoms with Gasteiger partial charge in [-0.2, -0.15) is 0 Å². The van der Waals surface area contributed by atoms with E-state index in [1.165, 1.54) is 0 Å². The maximum atomic E-state index is 12.4. The molecule has 1 aliphatic rings. The van der Waals surface area contributed by atoms with Crippen molar-refractivity contribution in [2.24, 2.45) is 11.8 Å². The lowest BCUT2D eigenvalue weighted by Crippen LogP contribution is -2.39. The third-order valence-electron chi connectivity index (χ3n) is 4.63.